The van der Waals surface area contributed by atoms with Crippen LogP contribution in [0.15, 0.2) is 18.2 Å². The highest BCUT2D eigenvalue weighted by atomic mass is 35.5. The van der Waals surface area contributed by atoms with E-state index in [1.54, 1.807) is 0 Å². The van der Waals surface area contributed by atoms with Gasteiger partial charge in [-0.15, -0.1) is 0 Å². The first-order valence-electron chi connectivity index (χ1n) is 7.65. The fourth-order valence-corrected chi connectivity index (χ4v) is 3.18. The maximum absolute atomic E-state index is 6.24. The summed E-state index contributed by atoms with van der Waals surface area (Å²) in [7, 11) is 0. The summed E-state index contributed by atoms with van der Waals surface area (Å²) in [5, 5.41) is 4.06. The van der Waals surface area contributed by atoms with Gasteiger partial charge in [-0.05, 0) is 50.9 Å². The van der Waals surface area contributed by atoms with Crippen molar-refractivity contribution in [1.82, 2.24) is 4.90 Å². The van der Waals surface area contributed by atoms with E-state index in [9.17, 15) is 0 Å². The van der Waals surface area contributed by atoms with E-state index in [1.165, 1.54) is 25.8 Å². The lowest BCUT2D eigenvalue weighted by atomic mass is 10.0. The maximum atomic E-state index is 6.24. The maximum Gasteiger partial charge on any atom is 0.104 e. The van der Waals surface area contributed by atoms with Crippen LogP contribution < -0.4 is 11.1 Å². The number of nitrogens with one attached hydrogen (secondary N) is 1. The molecule has 0 spiro atoms. The molecule has 1 unspecified atom stereocenters. The van der Waals surface area contributed by atoms with E-state index in [-0.39, 0.29) is 0 Å². The molecule has 1 saturated heterocycles. The minimum atomic E-state index is 0.377. The van der Waals surface area contributed by atoms with E-state index in [0.717, 1.165) is 36.8 Å². The number of nitrogens with two attached hydrogens (primary N) is 1. The van der Waals surface area contributed by atoms with E-state index in [0.29, 0.717) is 10.0 Å². The number of likely N-dealkylation sites (tertiary alicyclic amines) is 1. The normalized spacial score (nSPS) is 19.4. The van der Waals surface area contributed by atoms with Crippen LogP contribution in [0.1, 0.15) is 38.2 Å². The molecule has 3 nitrogen and oxygen atoms in total. The highest BCUT2D eigenvalue weighted by Gasteiger charge is 2.17. The van der Waals surface area contributed by atoms with E-state index >= 15 is 0 Å². The van der Waals surface area contributed by atoms with Crippen LogP contribution >= 0.6 is 23.8 Å². The second kappa shape index (κ2) is 7.97. The minimum absolute atomic E-state index is 0.377. The molecule has 1 aliphatic rings. The van der Waals surface area contributed by atoms with Gasteiger partial charge in [-0.3, -0.25) is 0 Å². The zero-order valence-electron chi connectivity index (χ0n) is 12.6. The molecule has 1 aromatic carbocycles. The lowest BCUT2D eigenvalue weighted by molar-refractivity contribution is 0.160. The Morgan fingerprint density at radius 3 is 2.95 bits per heavy atom. The Morgan fingerprint density at radius 2 is 2.29 bits per heavy atom. The molecule has 0 aliphatic carbocycles. The smallest absolute Gasteiger partial charge is 0.104 e. The Bertz CT molecular complexity index is 492. The van der Waals surface area contributed by atoms with Crippen molar-refractivity contribution in [2.45, 2.75) is 38.6 Å². The second-order valence-corrected chi connectivity index (χ2v) is 6.57. The van der Waals surface area contributed by atoms with Crippen LogP contribution in [-0.2, 0) is 0 Å². The average molecular weight is 326 g/mol. The number of hydrogen-bond acceptors (Lipinski definition) is 3. The summed E-state index contributed by atoms with van der Waals surface area (Å²) in [5.74, 6) is 0. The molecule has 116 valence electrons. The van der Waals surface area contributed by atoms with Crippen LogP contribution in [0.2, 0.25) is 5.02 Å². The summed E-state index contributed by atoms with van der Waals surface area (Å²) < 4.78 is 0. The zero-order valence-corrected chi connectivity index (χ0v) is 14.1. The highest BCUT2D eigenvalue weighted by Crippen LogP contribution is 2.23. The van der Waals surface area contributed by atoms with Gasteiger partial charge < -0.3 is 16.0 Å². The van der Waals surface area contributed by atoms with Gasteiger partial charge in [0.05, 0.1) is 10.7 Å². The van der Waals surface area contributed by atoms with Crippen molar-refractivity contribution in [3.8, 4) is 0 Å². The van der Waals surface area contributed by atoms with Gasteiger partial charge in [0.15, 0.2) is 0 Å². The quantitative estimate of drug-likeness (QED) is 0.619. The van der Waals surface area contributed by atoms with Crippen molar-refractivity contribution in [3.63, 3.8) is 0 Å². The SMILES string of the molecule is CC1CCCCN1CCCNc1ccc(C(N)=S)cc1Cl. The van der Waals surface area contributed by atoms with Crippen LogP contribution in [0.5, 0.6) is 0 Å². The highest BCUT2D eigenvalue weighted by molar-refractivity contribution is 7.80. The Kier molecular flexibility index (Phi) is 6.27. The van der Waals surface area contributed by atoms with E-state index in [1.807, 2.05) is 18.2 Å². The van der Waals surface area contributed by atoms with Gasteiger partial charge in [-0.1, -0.05) is 30.2 Å². The monoisotopic (exact) mass is 325 g/mol. The molecule has 21 heavy (non-hydrogen) atoms. The Hall–Kier alpha value is -0.840. The van der Waals surface area contributed by atoms with Crippen molar-refractivity contribution >= 4 is 34.5 Å². The van der Waals surface area contributed by atoms with Gasteiger partial charge in [0.1, 0.15) is 4.99 Å². The average Bonchev–Trinajstić information content (AvgIpc) is 2.46. The first-order valence-corrected chi connectivity index (χ1v) is 8.44. The molecule has 1 atom stereocenters. The molecule has 1 aromatic rings. The van der Waals surface area contributed by atoms with E-state index in [4.69, 9.17) is 29.6 Å². The third-order valence-electron chi connectivity index (χ3n) is 4.13. The molecule has 0 bridgehead atoms. The lowest BCUT2D eigenvalue weighted by Crippen LogP contribution is -2.38. The lowest BCUT2D eigenvalue weighted by Gasteiger charge is -2.33. The van der Waals surface area contributed by atoms with Crippen LogP contribution in [0, 0.1) is 0 Å². The predicted molar refractivity (Wildman–Crippen MR) is 95.3 cm³/mol. The third kappa shape index (κ3) is 4.83. The Labute approximate surface area is 137 Å². The van der Waals surface area contributed by atoms with Crippen LogP contribution in [0.4, 0.5) is 5.69 Å². The number of benzene rings is 1. The van der Waals surface area contributed by atoms with Gasteiger partial charge in [0.25, 0.3) is 0 Å². The molecule has 1 fully saturated rings. The van der Waals surface area contributed by atoms with E-state index in [2.05, 4.69) is 17.1 Å². The van der Waals surface area contributed by atoms with Crippen molar-refractivity contribution in [1.29, 1.82) is 0 Å². The second-order valence-electron chi connectivity index (χ2n) is 5.72. The standard InChI is InChI=1S/C16H24ClN3S/c1-12-5-2-3-9-20(12)10-4-8-19-15-7-6-13(16(18)21)11-14(15)17/h6-7,11-12,19H,2-5,8-10H2,1H3,(H2,18,21). The first kappa shape index (κ1) is 16.5. The number of halogens is 1. The van der Waals surface area contributed by atoms with Gasteiger partial charge in [-0.25, -0.2) is 0 Å². The summed E-state index contributed by atoms with van der Waals surface area (Å²) in [6.07, 6.45) is 5.17. The van der Waals surface area contributed by atoms with Crippen molar-refractivity contribution < 1.29 is 0 Å². The number of nitrogens with zero attached hydrogens (tertiary/aromatic N) is 1. The molecule has 0 radical (unpaired) electrons. The number of rotatable bonds is 6. The van der Waals surface area contributed by atoms with Gasteiger partial charge in [-0.2, -0.15) is 0 Å². The molecular formula is C16H24ClN3S. The summed E-state index contributed by atoms with van der Waals surface area (Å²) >= 11 is 11.2. The Balaban J connectivity index is 1.77. The molecule has 0 saturated carbocycles. The predicted octanol–water partition coefficient (Wildman–Crippen LogP) is 3.65. The fraction of sp³-hybridized carbons (Fsp3) is 0.562. The summed E-state index contributed by atoms with van der Waals surface area (Å²) in [6.45, 7) is 5.65. The van der Waals surface area contributed by atoms with Crippen LogP contribution in [0.25, 0.3) is 0 Å². The van der Waals surface area contributed by atoms with Gasteiger partial charge >= 0.3 is 0 Å². The number of thiocarbonyl (C=S) groups is 1. The van der Waals surface area contributed by atoms with Gasteiger partial charge in [0.2, 0.25) is 0 Å². The molecule has 5 heteroatoms. The third-order valence-corrected chi connectivity index (χ3v) is 4.68. The van der Waals surface area contributed by atoms with Crippen LogP contribution in [-0.4, -0.2) is 35.6 Å². The molecule has 1 heterocycles. The molecule has 0 aromatic heterocycles. The van der Waals surface area contributed by atoms with Crippen LogP contribution in [0.3, 0.4) is 0 Å². The summed E-state index contributed by atoms with van der Waals surface area (Å²) in [5.41, 5.74) is 7.35. The van der Waals surface area contributed by atoms with Gasteiger partial charge in [0, 0.05) is 24.7 Å². The molecule has 3 N–H and O–H groups in total. The molecule has 1 aliphatic heterocycles. The summed E-state index contributed by atoms with van der Waals surface area (Å²) in [4.78, 5) is 2.96. The Morgan fingerprint density at radius 1 is 1.48 bits per heavy atom. The van der Waals surface area contributed by atoms with Crippen molar-refractivity contribution in [2.24, 2.45) is 5.73 Å². The fourth-order valence-electron chi connectivity index (χ4n) is 2.81. The topological polar surface area (TPSA) is 41.3 Å². The largest absolute Gasteiger partial charge is 0.389 e. The first-order chi connectivity index (χ1) is 10.1. The van der Waals surface area contributed by atoms with E-state index < -0.39 is 0 Å². The zero-order chi connectivity index (χ0) is 15.2. The number of piperidine rings is 1. The van der Waals surface area contributed by atoms with Crippen molar-refractivity contribution in [2.75, 3.05) is 25.0 Å². The molecule has 0 amide bonds. The minimum Gasteiger partial charge on any atom is -0.389 e. The number of hydrogen-bond donors (Lipinski definition) is 2. The molecule has 2 rings (SSSR count). The number of anilines is 1. The molecular weight excluding hydrogens is 302 g/mol. The van der Waals surface area contributed by atoms with Crippen molar-refractivity contribution in [3.05, 3.63) is 28.8 Å². The summed E-state index contributed by atoms with van der Waals surface area (Å²) in [6, 6.07) is 6.40.